The molecule has 0 fully saturated rings. The molecule has 0 spiro atoms. The van der Waals surface area contributed by atoms with Crippen LogP contribution in [0.3, 0.4) is 0 Å². The second-order valence-electron chi connectivity index (χ2n) is 4.67. The fraction of sp³-hybridized carbons (Fsp3) is 0.353. The lowest BCUT2D eigenvalue weighted by Gasteiger charge is -2.25. The molecule has 1 aromatic rings. The van der Waals surface area contributed by atoms with E-state index in [4.69, 9.17) is 4.74 Å². The highest BCUT2D eigenvalue weighted by Gasteiger charge is 2.21. The Balaban J connectivity index is 2.02. The maximum Gasteiger partial charge on any atom is 0.244 e. The number of hydrazone groups is 1. The van der Waals surface area contributed by atoms with Crippen LogP contribution >= 0.6 is 0 Å². The first-order valence-corrected chi connectivity index (χ1v) is 7.26. The number of ether oxygens (including phenoxy) is 1. The summed E-state index contributed by atoms with van der Waals surface area (Å²) in [7, 11) is 0. The summed E-state index contributed by atoms with van der Waals surface area (Å²) < 4.78 is 32.8. The molecule has 0 aromatic heterocycles. The Morgan fingerprint density at radius 1 is 1.36 bits per heavy atom. The molecule has 0 unspecified atom stereocenters. The van der Waals surface area contributed by atoms with E-state index in [1.54, 1.807) is 5.01 Å². The van der Waals surface area contributed by atoms with Crippen molar-refractivity contribution in [3.8, 4) is 11.8 Å². The van der Waals surface area contributed by atoms with Crippen LogP contribution in [0.4, 0.5) is 8.78 Å². The van der Waals surface area contributed by atoms with Gasteiger partial charge >= 0.3 is 0 Å². The van der Waals surface area contributed by atoms with Gasteiger partial charge in [0.15, 0.2) is 0 Å². The van der Waals surface area contributed by atoms with Gasteiger partial charge in [-0.3, -0.25) is 5.01 Å². The van der Waals surface area contributed by atoms with Crippen molar-refractivity contribution >= 4 is 5.90 Å². The van der Waals surface area contributed by atoms with E-state index in [0.717, 1.165) is 12.8 Å². The zero-order valence-electron chi connectivity index (χ0n) is 12.5. The van der Waals surface area contributed by atoms with E-state index >= 15 is 0 Å². The molecule has 3 nitrogen and oxygen atoms in total. The first kappa shape index (κ1) is 16.0. The number of allylic oxidation sites excluding steroid dienone is 1. The predicted octanol–water partition coefficient (Wildman–Crippen LogP) is 3.32. The second kappa shape index (κ2) is 8.18. The standard InChI is InChI=1S/C17H18F2N2O/c1-2-3-4-5-6-7-11-21-12-13-22-17(20-21)16-14(18)9-8-10-15(16)19/h5-6,8-10H,2,7,11-13H2,1H3/b6-5-. The average Bonchev–Trinajstić information content (AvgIpc) is 2.51. The van der Waals surface area contributed by atoms with Crippen molar-refractivity contribution in [1.82, 2.24) is 5.01 Å². The Morgan fingerprint density at radius 3 is 2.86 bits per heavy atom. The zero-order valence-corrected chi connectivity index (χ0v) is 12.5. The fourth-order valence-corrected chi connectivity index (χ4v) is 1.97. The molecular formula is C17H18F2N2O. The summed E-state index contributed by atoms with van der Waals surface area (Å²) in [6.45, 7) is 3.58. The monoisotopic (exact) mass is 304 g/mol. The van der Waals surface area contributed by atoms with Crippen LogP contribution in [0, 0.1) is 23.5 Å². The third kappa shape index (κ3) is 4.32. The molecule has 22 heavy (non-hydrogen) atoms. The first-order chi connectivity index (χ1) is 10.7. The quantitative estimate of drug-likeness (QED) is 0.797. The van der Waals surface area contributed by atoms with E-state index in [1.165, 1.54) is 18.2 Å². The number of rotatable bonds is 4. The van der Waals surface area contributed by atoms with Gasteiger partial charge in [0.25, 0.3) is 0 Å². The van der Waals surface area contributed by atoms with Gasteiger partial charge in [0.05, 0.1) is 6.54 Å². The van der Waals surface area contributed by atoms with Crippen LogP contribution in [0.25, 0.3) is 0 Å². The molecule has 1 aliphatic heterocycles. The summed E-state index contributed by atoms with van der Waals surface area (Å²) in [5.74, 6) is 4.51. The molecule has 0 radical (unpaired) electrons. The highest BCUT2D eigenvalue weighted by atomic mass is 19.1. The molecule has 2 rings (SSSR count). The molecule has 0 saturated heterocycles. The molecule has 116 valence electrons. The zero-order chi connectivity index (χ0) is 15.8. The molecule has 0 amide bonds. The van der Waals surface area contributed by atoms with E-state index in [0.29, 0.717) is 19.7 Å². The molecule has 1 aliphatic rings. The van der Waals surface area contributed by atoms with Crippen molar-refractivity contribution in [2.75, 3.05) is 19.7 Å². The van der Waals surface area contributed by atoms with E-state index in [1.807, 2.05) is 19.1 Å². The molecule has 0 N–H and O–H groups in total. The lowest BCUT2D eigenvalue weighted by atomic mass is 10.2. The number of halogens is 2. The van der Waals surface area contributed by atoms with Gasteiger partial charge in [-0.1, -0.05) is 30.9 Å². The molecule has 0 saturated carbocycles. The Labute approximate surface area is 129 Å². The van der Waals surface area contributed by atoms with Crippen LogP contribution in [0.5, 0.6) is 0 Å². The van der Waals surface area contributed by atoms with Crippen LogP contribution in [-0.4, -0.2) is 30.6 Å². The molecule has 0 bridgehead atoms. The third-order valence-corrected chi connectivity index (χ3v) is 3.03. The van der Waals surface area contributed by atoms with Gasteiger partial charge in [-0.25, -0.2) is 8.78 Å². The Morgan fingerprint density at radius 2 is 2.14 bits per heavy atom. The lowest BCUT2D eigenvalue weighted by molar-refractivity contribution is 0.168. The summed E-state index contributed by atoms with van der Waals surface area (Å²) >= 11 is 0. The van der Waals surface area contributed by atoms with E-state index in [-0.39, 0.29) is 11.5 Å². The van der Waals surface area contributed by atoms with Crippen LogP contribution < -0.4 is 0 Å². The molecule has 0 aliphatic carbocycles. The van der Waals surface area contributed by atoms with E-state index < -0.39 is 11.6 Å². The highest BCUT2D eigenvalue weighted by molar-refractivity contribution is 5.94. The molecular weight excluding hydrogens is 286 g/mol. The molecule has 1 heterocycles. The maximum absolute atomic E-state index is 13.7. The van der Waals surface area contributed by atoms with Crippen LogP contribution in [-0.2, 0) is 4.74 Å². The van der Waals surface area contributed by atoms with Crippen LogP contribution in [0.2, 0.25) is 0 Å². The van der Waals surface area contributed by atoms with Gasteiger partial charge < -0.3 is 4.74 Å². The van der Waals surface area contributed by atoms with Gasteiger partial charge in [-0.2, -0.15) is 0 Å². The van der Waals surface area contributed by atoms with Crippen molar-refractivity contribution in [2.24, 2.45) is 5.10 Å². The average molecular weight is 304 g/mol. The van der Waals surface area contributed by atoms with Gasteiger partial charge in [-0.05, 0) is 24.6 Å². The van der Waals surface area contributed by atoms with E-state index in [2.05, 4.69) is 16.9 Å². The number of hydrogen-bond acceptors (Lipinski definition) is 3. The summed E-state index contributed by atoms with van der Waals surface area (Å²) in [5.41, 5.74) is -0.212. The molecule has 0 atom stereocenters. The third-order valence-electron chi connectivity index (χ3n) is 3.03. The van der Waals surface area contributed by atoms with Gasteiger partial charge in [0.1, 0.15) is 23.8 Å². The smallest absolute Gasteiger partial charge is 0.244 e. The second-order valence-corrected chi connectivity index (χ2v) is 4.67. The summed E-state index contributed by atoms with van der Waals surface area (Å²) in [4.78, 5) is 0. The number of hydrogen-bond donors (Lipinski definition) is 0. The van der Waals surface area contributed by atoms with Crippen molar-refractivity contribution in [3.05, 3.63) is 47.5 Å². The normalized spacial score (nSPS) is 14.3. The summed E-state index contributed by atoms with van der Waals surface area (Å²) in [6, 6.07) is 3.70. The van der Waals surface area contributed by atoms with Gasteiger partial charge in [0.2, 0.25) is 5.90 Å². The fourth-order valence-electron chi connectivity index (χ4n) is 1.97. The molecule has 5 heteroatoms. The predicted molar refractivity (Wildman–Crippen MR) is 82.2 cm³/mol. The SMILES string of the molecule is CCC#C/C=C\CCN1CCOC(c2c(F)cccc2F)=N1. The Bertz CT molecular complexity index is 609. The minimum atomic E-state index is -0.671. The van der Waals surface area contributed by atoms with E-state index in [9.17, 15) is 8.78 Å². The van der Waals surface area contributed by atoms with Crippen molar-refractivity contribution in [2.45, 2.75) is 19.8 Å². The maximum atomic E-state index is 13.7. The largest absolute Gasteiger partial charge is 0.474 e. The Hall–Kier alpha value is -2.35. The highest BCUT2D eigenvalue weighted by Crippen LogP contribution is 2.16. The summed E-state index contributed by atoms with van der Waals surface area (Å²) in [6.07, 6.45) is 5.35. The van der Waals surface area contributed by atoms with Crippen LogP contribution in [0.1, 0.15) is 25.3 Å². The number of benzene rings is 1. The van der Waals surface area contributed by atoms with Crippen LogP contribution in [0.15, 0.2) is 35.5 Å². The van der Waals surface area contributed by atoms with Gasteiger partial charge in [-0.15, -0.1) is 5.10 Å². The summed E-state index contributed by atoms with van der Waals surface area (Å²) in [5, 5.41) is 5.94. The minimum absolute atomic E-state index is 0.00314. The molecule has 1 aromatic carbocycles. The lowest BCUT2D eigenvalue weighted by Crippen LogP contribution is -2.32. The minimum Gasteiger partial charge on any atom is -0.474 e. The van der Waals surface area contributed by atoms with Crippen molar-refractivity contribution < 1.29 is 13.5 Å². The number of nitrogens with zero attached hydrogens (tertiary/aromatic N) is 2. The first-order valence-electron chi connectivity index (χ1n) is 7.26. The van der Waals surface area contributed by atoms with Gasteiger partial charge in [0, 0.05) is 13.0 Å². The Kier molecular flexibility index (Phi) is 5.96. The van der Waals surface area contributed by atoms with Crippen molar-refractivity contribution in [1.29, 1.82) is 0 Å². The van der Waals surface area contributed by atoms with Crippen molar-refractivity contribution in [3.63, 3.8) is 0 Å². The topological polar surface area (TPSA) is 24.8 Å².